The molecule has 0 bridgehead atoms. The SMILES string of the molecule is CCCCn1c(=O)n(CCCCn2nnc(-c3ccccc3Cl)n2)c(=O)c2[nH]c(Cl)nc21. The van der Waals surface area contributed by atoms with Crippen LogP contribution in [0.25, 0.3) is 22.6 Å². The van der Waals surface area contributed by atoms with E-state index in [0.717, 1.165) is 12.8 Å². The zero-order valence-corrected chi connectivity index (χ0v) is 19.0. The molecule has 0 amide bonds. The Labute approximate surface area is 192 Å². The van der Waals surface area contributed by atoms with Gasteiger partial charge >= 0.3 is 5.69 Å². The first-order valence-corrected chi connectivity index (χ1v) is 11.2. The fraction of sp³-hybridized carbons (Fsp3) is 0.400. The van der Waals surface area contributed by atoms with Crippen molar-refractivity contribution in [1.82, 2.24) is 39.3 Å². The molecular weight excluding hydrogens is 455 g/mol. The van der Waals surface area contributed by atoms with E-state index in [2.05, 4.69) is 25.4 Å². The van der Waals surface area contributed by atoms with Gasteiger partial charge in [-0.15, -0.1) is 10.2 Å². The second kappa shape index (κ2) is 9.66. The van der Waals surface area contributed by atoms with E-state index in [9.17, 15) is 9.59 Å². The highest BCUT2D eigenvalue weighted by Crippen LogP contribution is 2.23. The number of imidazole rings is 1. The monoisotopic (exact) mass is 476 g/mol. The summed E-state index contributed by atoms with van der Waals surface area (Å²) in [6.45, 7) is 3.27. The average Bonchev–Trinajstić information content (AvgIpc) is 3.40. The van der Waals surface area contributed by atoms with E-state index < -0.39 is 5.56 Å². The molecule has 0 radical (unpaired) electrons. The van der Waals surface area contributed by atoms with E-state index >= 15 is 0 Å². The summed E-state index contributed by atoms with van der Waals surface area (Å²) in [7, 11) is 0. The van der Waals surface area contributed by atoms with E-state index in [1.54, 1.807) is 6.07 Å². The smallest absolute Gasteiger partial charge is 0.323 e. The van der Waals surface area contributed by atoms with Crippen LogP contribution in [0.4, 0.5) is 0 Å². The molecule has 32 heavy (non-hydrogen) atoms. The molecule has 0 aliphatic carbocycles. The van der Waals surface area contributed by atoms with Crippen molar-refractivity contribution in [3.63, 3.8) is 0 Å². The normalized spacial score (nSPS) is 11.5. The van der Waals surface area contributed by atoms with Gasteiger partial charge in [-0.25, -0.2) is 4.79 Å². The lowest BCUT2D eigenvalue weighted by atomic mass is 10.2. The molecule has 0 spiro atoms. The van der Waals surface area contributed by atoms with E-state index in [0.29, 0.717) is 48.0 Å². The van der Waals surface area contributed by atoms with Crippen LogP contribution in [0.15, 0.2) is 33.9 Å². The number of fused-ring (bicyclic) bond motifs is 1. The molecule has 12 heteroatoms. The number of benzene rings is 1. The van der Waals surface area contributed by atoms with E-state index in [1.165, 1.54) is 13.9 Å². The predicted molar refractivity (Wildman–Crippen MR) is 122 cm³/mol. The van der Waals surface area contributed by atoms with Gasteiger partial charge in [0.2, 0.25) is 11.1 Å². The summed E-state index contributed by atoms with van der Waals surface area (Å²) in [5.41, 5.74) is 0.462. The summed E-state index contributed by atoms with van der Waals surface area (Å²) in [6, 6.07) is 7.30. The van der Waals surface area contributed by atoms with Crippen LogP contribution in [0.5, 0.6) is 0 Å². The molecule has 3 aromatic heterocycles. The molecule has 10 nitrogen and oxygen atoms in total. The van der Waals surface area contributed by atoms with Crippen molar-refractivity contribution in [2.75, 3.05) is 0 Å². The predicted octanol–water partition coefficient (Wildman–Crippen LogP) is 3.13. The maximum Gasteiger partial charge on any atom is 0.332 e. The zero-order chi connectivity index (χ0) is 22.7. The van der Waals surface area contributed by atoms with Crippen molar-refractivity contribution in [3.8, 4) is 11.4 Å². The van der Waals surface area contributed by atoms with Crippen LogP contribution < -0.4 is 11.2 Å². The third-order valence-electron chi connectivity index (χ3n) is 5.13. The lowest BCUT2D eigenvalue weighted by molar-refractivity contribution is 0.457. The molecule has 0 saturated heterocycles. The Morgan fingerprint density at radius 3 is 2.53 bits per heavy atom. The van der Waals surface area contributed by atoms with Crippen LogP contribution in [0.3, 0.4) is 0 Å². The quantitative estimate of drug-likeness (QED) is 0.293. The summed E-state index contributed by atoms with van der Waals surface area (Å²) >= 11 is 12.1. The molecule has 168 valence electrons. The largest absolute Gasteiger partial charge is 0.332 e. The van der Waals surface area contributed by atoms with Gasteiger partial charge in [-0.05, 0) is 48.2 Å². The van der Waals surface area contributed by atoms with Crippen molar-refractivity contribution in [3.05, 3.63) is 55.4 Å². The van der Waals surface area contributed by atoms with Gasteiger partial charge in [-0.3, -0.25) is 13.9 Å². The molecule has 0 atom stereocenters. The van der Waals surface area contributed by atoms with Gasteiger partial charge in [0.05, 0.1) is 11.6 Å². The summed E-state index contributed by atoms with van der Waals surface area (Å²) in [5.74, 6) is 0.451. The van der Waals surface area contributed by atoms with Gasteiger partial charge in [0.25, 0.3) is 5.56 Å². The van der Waals surface area contributed by atoms with Crippen LogP contribution in [-0.2, 0) is 19.6 Å². The highest BCUT2D eigenvalue weighted by Gasteiger charge is 2.16. The number of nitrogens with zero attached hydrogens (tertiary/aromatic N) is 7. The van der Waals surface area contributed by atoms with Gasteiger partial charge < -0.3 is 4.98 Å². The van der Waals surface area contributed by atoms with Crippen molar-refractivity contribution in [1.29, 1.82) is 0 Å². The van der Waals surface area contributed by atoms with Gasteiger partial charge in [-0.2, -0.15) is 9.78 Å². The number of aromatic amines is 1. The minimum Gasteiger partial charge on any atom is -0.323 e. The van der Waals surface area contributed by atoms with Crippen molar-refractivity contribution >= 4 is 34.4 Å². The van der Waals surface area contributed by atoms with Crippen molar-refractivity contribution in [2.24, 2.45) is 0 Å². The van der Waals surface area contributed by atoms with Gasteiger partial charge in [0.15, 0.2) is 11.2 Å². The topological polar surface area (TPSA) is 116 Å². The summed E-state index contributed by atoms with van der Waals surface area (Å²) in [4.78, 5) is 34.1. The molecule has 4 aromatic rings. The number of tetrazole rings is 1. The fourth-order valence-electron chi connectivity index (χ4n) is 3.46. The van der Waals surface area contributed by atoms with Crippen LogP contribution in [0.1, 0.15) is 32.6 Å². The Balaban J connectivity index is 1.47. The first-order valence-electron chi connectivity index (χ1n) is 10.4. The minimum atomic E-state index is -0.419. The number of unbranched alkanes of at least 4 members (excludes halogenated alkanes) is 2. The first kappa shape index (κ1) is 22.2. The number of H-pyrrole nitrogens is 1. The molecule has 4 rings (SSSR count). The molecule has 0 unspecified atom stereocenters. The molecular formula is C20H22Cl2N8O2. The third kappa shape index (κ3) is 4.46. The summed E-state index contributed by atoms with van der Waals surface area (Å²) in [5, 5.41) is 13.1. The molecule has 1 N–H and O–H groups in total. The highest BCUT2D eigenvalue weighted by molar-refractivity contribution is 6.33. The second-order valence-electron chi connectivity index (χ2n) is 7.37. The first-order chi connectivity index (χ1) is 15.5. The molecule has 0 aliphatic rings. The Bertz CT molecular complexity index is 1350. The maximum absolute atomic E-state index is 13.0. The number of rotatable bonds is 9. The maximum atomic E-state index is 13.0. The van der Waals surface area contributed by atoms with E-state index in [4.69, 9.17) is 23.2 Å². The number of hydrogen-bond donors (Lipinski definition) is 1. The number of halogens is 2. The van der Waals surface area contributed by atoms with Crippen molar-refractivity contribution in [2.45, 2.75) is 52.2 Å². The van der Waals surface area contributed by atoms with Gasteiger partial charge in [0, 0.05) is 18.7 Å². The number of hydrogen-bond acceptors (Lipinski definition) is 6. The molecule has 0 saturated carbocycles. The average molecular weight is 477 g/mol. The Morgan fingerprint density at radius 1 is 1.00 bits per heavy atom. The number of aryl methyl sites for hydroxylation is 2. The summed E-state index contributed by atoms with van der Waals surface area (Å²) in [6.07, 6.45) is 2.94. The number of aromatic nitrogens is 8. The molecule has 0 fully saturated rings. The standard InChI is InChI=1S/C20H22Cl2N8O2/c1-2-3-10-28-17-15(23-19(22)24-17)18(31)29(20(28)32)11-6-7-12-30-26-16(25-27-30)13-8-4-5-9-14(13)21/h4-5,8-9H,2-3,6-7,10-12H2,1H3,(H,23,24). The Kier molecular flexibility index (Phi) is 6.71. The summed E-state index contributed by atoms with van der Waals surface area (Å²) < 4.78 is 2.74. The van der Waals surface area contributed by atoms with Crippen LogP contribution >= 0.6 is 23.2 Å². The van der Waals surface area contributed by atoms with Gasteiger partial charge in [0.1, 0.15) is 0 Å². The second-order valence-corrected chi connectivity index (χ2v) is 8.13. The van der Waals surface area contributed by atoms with E-state index in [1.807, 2.05) is 25.1 Å². The lowest BCUT2D eigenvalue weighted by Gasteiger charge is -2.10. The Morgan fingerprint density at radius 2 is 1.75 bits per heavy atom. The Hall–Kier alpha value is -2.98. The number of nitrogens with one attached hydrogen (secondary N) is 1. The van der Waals surface area contributed by atoms with Crippen LogP contribution in [0, 0.1) is 0 Å². The van der Waals surface area contributed by atoms with E-state index in [-0.39, 0.29) is 23.0 Å². The molecule has 3 heterocycles. The highest BCUT2D eigenvalue weighted by atomic mass is 35.5. The van der Waals surface area contributed by atoms with Crippen LogP contribution in [-0.4, -0.2) is 39.3 Å². The zero-order valence-electron chi connectivity index (χ0n) is 17.5. The lowest BCUT2D eigenvalue weighted by Crippen LogP contribution is -2.40. The van der Waals surface area contributed by atoms with Crippen molar-refractivity contribution < 1.29 is 0 Å². The molecule has 0 aliphatic heterocycles. The fourth-order valence-corrected chi connectivity index (χ4v) is 3.86. The van der Waals surface area contributed by atoms with Crippen LogP contribution in [0.2, 0.25) is 10.3 Å². The third-order valence-corrected chi connectivity index (χ3v) is 5.63. The minimum absolute atomic E-state index is 0.0890. The van der Waals surface area contributed by atoms with Gasteiger partial charge in [-0.1, -0.05) is 37.1 Å². The molecule has 1 aromatic carbocycles.